The predicted molar refractivity (Wildman–Crippen MR) is 261 cm³/mol. The number of thiophene rings is 2. The third-order valence-corrected chi connectivity index (χ3v) is 15.0. The van der Waals surface area contributed by atoms with Crippen molar-refractivity contribution in [2.24, 2.45) is 23.3 Å². The number of nitrogens with two attached hydrogens (primary N) is 2. The maximum absolute atomic E-state index is 15.1. The molecule has 0 spiro atoms. The SMILES string of the molecule is CC[C@H](C)[C@@H]1CC(=O)[C@H](CC(N)=O)NC(=O)CCC(=O)NCCCC[C@@H](C(N)=O)NC(=O)[C@H](Cc2csc3ccccc23)NC(=O)[C@@H]2C[C@H](n3cc(-c4ccc(-c5cccs5)cc4)nn3)CN2C1=O. The highest BCUT2D eigenvalue weighted by Crippen LogP contribution is 2.34. The van der Waals surface area contributed by atoms with Crippen LogP contribution in [0.25, 0.3) is 31.8 Å². The summed E-state index contributed by atoms with van der Waals surface area (Å²) in [6.45, 7) is 3.85. The van der Waals surface area contributed by atoms with Gasteiger partial charge in [0.15, 0.2) is 5.78 Å². The minimum atomic E-state index is -1.37. The number of aromatic nitrogens is 3. The van der Waals surface area contributed by atoms with E-state index < -0.39 is 102 Å². The van der Waals surface area contributed by atoms with Gasteiger partial charge in [0, 0.05) is 66.3 Å². The fourth-order valence-corrected chi connectivity index (χ4v) is 10.6. The molecule has 2 fully saturated rings. The molecule has 7 atom stereocenters. The monoisotopic (exact) mass is 978 g/mol. The van der Waals surface area contributed by atoms with Crippen molar-refractivity contribution in [1.29, 1.82) is 0 Å². The molecule has 8 N–H and O–H groups in total. The molecule has 0 unspecified atom stereocenters. The molecule has 5 heterocycles. The maximum atomic E-state index is 15.1. The second-order valence-corrected chi connectivity index (χ2v) is 19.7. The predicted octanol–water partition coefficient (Wildman–Crippen LogP) is 3.79. The number of ketones is 1. The number of fused-ring (bicyclic) bond motifs is 2. The van der Waals surface area contributed by atoms with Crippen molar-refractivity contribution in [3.63, 3.8) is 0 Å². The van der Waals surface area contributed by atoms with E-state index in [1.165, 1.54) is 16.2 Å². The quantitative estimate of drug-likeness (QED) is 0.118. The summed E-state index contributed by atoms with van der Waals surface area (Å²) in [5, 5.41) is 24.7. The van der Waals surface area contributed by atoms with Gasteiger partial charge in [0.1, 0.15) is 23.8 Å². The number of rotatable bonds is 10. The molecule has 7 amide bonds. The van der Waals surface area contributed by atoms with E-state index >= 15 is 4.79 Å². The molecule has 7 rings (SSSR count). The normalized spacial score (nSPS) is 23.4. The van der Waals surface area contributed by atoms with Crippen LogP contribution in [0.2, 0.25) is 0 Å². The van der Waals surface area contributed by atoms with Crippen molar-refractivity contribution in [3.05, 3.63) is 83.2 Å². The lowest BCUT2D eigenvalue weighted by atomic mass is 9.84. The zero-order chi connectivity index (χ0) is 49.2. The van der Waals surface area contributed by atoms with Gasteiger partial charge in [0.25, 0.3) is 0 Å². The number of hydrogen-bond donors (Lipinski definition) is 6. The van der Waals surface area contributed by atoms with Gasteiger partial charge in [-0.25, -0.2) is 4.68 Å². The van der Waals surface area contributed by atoms with Crippen LogP contribution in [0.4, 0.5) is 0 Å². The first-order valence-corrected chi connectivity index (χ1v) is 25.0. The minimum Gasteiger partial charge on any atom is -0.370 e. The van der Waals surface area contributed by atoms with Gasteiger partial charge in [-0.1, -0.05) is 74.0 Å². The molecule has 69 heavy (non-hydrogen) atoms. The van der Waals surface area contributed by atoms with E-state index in [9.17, 15) is 33.6 Å². The Labute approximate surface area is 407 Å². The maximum Gasteiger partial charge on any atom is 0.243 e. The van der Waals surface area contributed by atoms with E-state index in [0.29, 0.717) is 25.0 Å². The molecule has 20 heteroatoms. The number of nitrogens with zero attached hydrogens (tertiary/aromatic N) is 4. The summed E-state index contributed by atoms with van der Waals surface area (Å²) < 4.78 is 2.59. The van der Waals surface area contributed by atoms with Crippen LogP contribution in [0.5, 0.6) is 0 Å². The number of nitrogens with one attached hydrogen (secondary N) is 4. The minimum absolute atomic E-state index is 0.0164. The van der Waals surface area contributed by atoms with Gasteiger partial charge in [-0.3, -0.25) is 38.4 Å². The van der Waals surface area contributed by atoms with Crippen molar-refractivity contribution in [3.8, 4) is 21.7 Å². The van der Waals surface area contributed by atoms with Crippen LogP contribution in [0.3, 0.4) is 0 Å². The van der Waals surface area contributed by atoms with Gasteiger partial charge >= 0.3 is 0 Å². The second kappa shape index (κ2) is 23.0. The number of Topliss-reactive ketones (excluding diaryl/α,β-unsaturated/α-hetero) is 1. The summed E-state index contributed by atoms with van der Waals surface area (Å²) in [6, 6.07) is 14.1. The fourth-order valence-electron chi connectivity index (χ4n) is 8.90. The average molecular weight is 979 g/mol. The van der Waals surface area contributed by atoms with Gasteiger partial charge in [-0.15, -0.1) is 27.8 Å². The fraction of sp³-hybridized carbons (Fsp3) is 0.429. The topological polar surface area (TPSA) is 271 Å². The van der Waals surface area contributed by atoms with Crippen LogP contribution in [0, 0.1) is 11.8 Å². The Balaban J connectivity index is 1.24. The van der Waals surface area contributed by atoms with Crippen molar-refractivity contribution in [2.75, 3.05) is 13.1 Å². The molecule has 0 radical (unpaired) electrons. The standard InChI is InChI=1S/C49H58N10O8S2/c1-3-28(2)34-23-40(60)36(24-43(50)61)53-45(63)18-17-44(62)52-19-7-6-10-35(46(51)64)54-47(65)37(21-31-27-69-42-11-5-4-9-33(31)42)55-48(66)39-22-32(25-58(39)49(34)67)59-26-38(56-57-59)29-13-15-30(16-14-29)41-12-8-20-68-41/h4-5,8-9,11-16,20,26-28,32,34-37,39H,3,6-7,10,17-19,21-25H2,1-2H3,(H2,50,61)(H2,51,64)(H,52,62)(H,53,63)(H,54,65)(H,55,66)/t28-,32-,34-,35-,36-,37-,39-/m0/s1. The largest absolute Gasteiger partial charge is 0.370 e. The van der Waals surface area contributed by atoms with Crippen LogP contribution < -0.4 is 32.7 Å². The second-order valence-electron chi connectivity index (χ2n) is 17.8. The van der Waals surface area contributed by atoms with E-state index in [2.05, 4.69) is 31.6 Å². The third kappa shape index (κ3) is 12.7. The third-order valence-electron chi connectivity index (χ3n) is 13.0. The summed E-state index contributed by atoms with van der Waals surface area (Å²) in [5.74, 6) is -6.62. The van der Waals surface area contributed by atoms with E-state index in [4.69, 9.17) is 11.5 Å². The lowest BCUT2D eigenvalue weighted by molar-refractivity contribution is -0.145. The molecule has 3 aromatic heterocycles. The Morgan fingerprint density at radius 2 is 1.61 bits per heavy atom. The Morgan fingerprint density at radius 1 is 0.855 bits per heavy atom. The van der Waals surface area contributed by atoms with Crippen molar-refractivity contribution >= 4 is 79.9 Å². The lowest BCUT2D eigenvalue weighted by Gasteiger charge is -2.32. The Hall–Kier alpha value is -6.80. The molecule has 18 nitrogen and oxygen atoms in total. The van der Waals surface area contributed by atoms with Gasteiger partial charge in [0.2, 0.25) is 41.4 Å². The number of amides is 7. The summed E-state index contributed by atoms with van der Waals surface area (Å²) in [7, 11) is 0. The number of carbonyl (C=O) groups excluding carboxylic acids is 8. The van der Waals surface area contributed by atoms with Crippen LogP contribution in [-0.4, -0.2) is 104 Å². The number of primary amides is 2. The molecular weight excluding hydrogens is 921 g/mol. The Morgan fingerprint density at radius 3 is 2.33 bits per heavy atom. The molecule has 0 bridgehead atoms. The number of hydrogen-bond acceptors (Lipinski definition) is 12. The van der Waals surface area contributed by atoms with Crippen molar-refractivity contribution < 1.29 is 38.4 Å². The Bertz CT molecular complexity index is 2670. The molecule has 5 aromatic rings. The van der Waals surface area contributed by atoms with Crippen molar-refractivity contribution in [2.45, 2.75) is 108 Å². The summed E-state index contributed by atoms with van der Waals surface area (Å²) >= 11 is 3.11. The van der Waals surface area contributed by atoms with Crippen LogP contribution in [0.15, 0.2) is 77.6 Å². The highest BCUT2D eigenvalue weighted by Gasteiger charge is 2.45. The van der Waals surface area contributed by atoms with Crippen LogP contribution in [0.1, 0.15) is 83.2 Å². The molecule has 364 valence electrons. The van der Waals surface area contributed by atoms with E-state index in [0.717, 1.165) is 31.7 Å². The smallest absolute Gasteiger partial charge is 0.243 e. The molecule has 2 aliphatic rings. The number of benzene rings is 2. The molecule has 0 saturated carbocycles. The summed E-state index contributed by atoms with van der Waals surface area (Å²) in [4.78, 5) is 112. The first-order valence-electron chi connectivity index (χ1n) is 23.3. The van der Waals surface area contributed by atoms with E-state index in [1.807, 2.05) is 78.3 Å². The zero-order valence-corrected chi connectivity index (χ0v) is 40.2. The highest BCUT2D eigenvalue weighted by molar-refractivity contribution is 7.17. The zero-order valence-electron chi connectivity index (χ0n) is 38.6. The first-order chi connectivity index (χ1) is 33.2. The van der Waals surface area contributed by atoms with Crippen molar-refractivity contribution in [1.82, 2.24) is 41.2 Å². The summed E-state index contributed by atoms with van der Waals surface area (Å²) in [5.41, 5.74) is 14.5. The van der Waals surface area contributed by atoms with Gasteiger partial charge in [0.05, 0.1) is 24.7 Å². The lowest BCUT2D eigenvalue weighted by Crippen LogP contribution is -2.57. The molecule has 2 aromatic carbocycles. The van der Waals surface area contributed by atoms with Gasteiger partial charge in [-0.2, -0.15) is 0 Å². The molecule has 0 aliphatic carbocycles. The van der Waals surface area contributed by atoms with E-state index in [-0.39, 0.29) is 45.2 Å². The van der Waals surface area contributed by atoms with Crippen LogP contribution in [-0.2, 0) is 44.8 Å². The van der Waals surface area contributed by atoms with Gasteiger partial charge < -0.3 is 37.6 Å². The molecular formula is C49H58N10O8S2. The van der Waals surface area contributed by atoms with Crippen LogP contribution >= 0.6 is 22.7 Å². The Kier molecular flexibility index (Phi) is 16.7. The highest BCUT2D eigenvalue weighted by atomic mass is 32.1. The average Bonchev–Trinajstić information content (AvgIpc) is 4.19. The summed E-state index contributed by atoms with van der Waals surface area (Å²) in [6.07, 6.45) is 1.79. The van der Waals surface area contributed by atoms with Gasteiger partial charge in [-0.05, 0) is 64.6 Å². The number of carbonyl (C=O) groups is 8. The first kappa shape index (κ1) is 50.1. The molecule has 2 aliphatic heterocycles. The molecule has 2 saturated heterocycles. The van der Waals surface area contributed by atoms with E-state index in [1.54, 1.807) is 29.1 Å².